The molecule has 0 saturated heterocycles. The van der Waals surface area contributed by atoms with E-state index in [1.54, 1.807) is 0 Å². The molecular formula is C16H23N3O2. The zero-order chi connectivity index (χ0) is 15.2. The van der Waals surface area contributed by atoms with Crippen molar-refractivity contribution in [2.24, 2.45) is 5.84 Å². The van der Waals surface area contributed by atoms with Crippen molar-refractivity contribution in [2.45, 2.75) is 39.2 Å². The van der Waals surface area contributed by atoms with Crippen LogP contribution in [-0.4, -0.2) is 28.7 Å². The van der Waals surface area contributed by atoms with Crippen molar-refractivity contribution in [3.05, 3.63) is 36.0 Å². The molecule has 1 aromatic heterocycles. The topological polar surface area (TPSA) is 71.3 Å². The van der Waals surface area contributed by atoms with E-state index in [1.807, 2.05) is 38.2 Å². The van der Waals surface area contributed by atoms with Gasteiger partial charge in [-0.2, -0.15) is 0 Å². The third-order valence-corrected chi connectivity index (χ3v) is 3.60. The molecule has 1 unspecified atom stereocenters. The number of rotatable bonds is 6. The van der Waals surface area contributed by atoms with E-state index in [1.165, 1.54) is 5.01 Å². The summed E-state index contributed by atoms with van der Waals surface area (Å²) in [7, 11) is 0. The van der Waals surface area contributed by atoms with Gasteiger partial charge in [-0.3, -0.25) is 0 Å². The normalized spacial score (nSPS) is 12.3. The fraction of sp³-hybridized carbons (Fsp3) is 0.438. The van der Waals surface area contributed by atoms with E-state index in [2.05, 4.69) is 11.1 Å². The molecule has 1 aromatic carbocycles. The molecule has 0 aliphatic heterocycles. The number of carbonyl (C=O) groups excluding carboxylic acids is 1. The molecular weight excluding hydrogens is 266 g/mol. The summed E-state index contributed by atoms with van der Waals surface area (Å²) in [6.07, 6.45) is 4.04. The minimum absolute atomic E-state index is 0.127. The van der Waals surface area contributed by atoms with Crippen molar-refractivity contribution in [3.8, 4) is 0 Å². The van der Waals surface area contributed by atoms with Gasteiger partial charge in [0.1, 0.15) is 0 Å². The number of carbonyl (C=O) groups is 1. The Labute approximate surface area is 125 Å². The van der Waals surface area contributed by atoms with Crippen LogP contribution in [0.2, 0.25) is 0 Å². The van der Waals surface area contributed by atoms with E-state index in [0.717, 1.165) is 29.3 Å². The van der Waals surface area contributed by atoms with E-state index in [0.29, 0.717) is 13.0 Å². The van der Waals surface area contributed by atoms with Gasteiger partial charge in [0.2, 0.25) is 0 Å². The highest BCUT2D eigenvalue weighted by Crippen LogP contribution is 2.20. The summed E-state index contributed by atoms with van der Waals surface area (Å²) in [6, 6.07) is 7.96. The molecule has 0 radical (unpaired) electrons. The summed E-state index contributed by atoms with van der Waals surface area (Å²) >= 11 is 0. The van der Waals surface area contributed by atoms with E-state index in [-0.39, 0.29) is 6.04 Å². The molecule has 0 aliphatic rings. The first kappa shape index (κ1) is 15.4. The molecule has 1 amide bonds. The van der Waals surface area contributed by atoms with Gasteiger partial charge in [-0.25, -0.2) is 15.6 Å². The maximum absolute atomic E-state index is 11.8. The Kier molecular flexibility index (Phi) is 5.22. The Morgan fingerprint density at radius 2 is 2.19 bits per heavy atom. The number of benzene rings is 1. The number of unbranched alkanes of at least 4 members (excludes halogenated alkanes) is 1. The lowest BCUT2D eigenvalue weighted by molar-refractivity contribution is 0.0878. The predicted octanol–water partition coefficient (Wildman–Crippen LogP) is 3.21. The SMILES string of the molecule is CCCCOC(=O)N(N)C(C)Cc1c[nH]c2ccccc12. The Morgan fingerprint density at radius 3 is 2.95 bits per heavy atom. The standard InChI is InChI=1S/C16H23N3O2/c1-3-4-9-21-16(20)19(17)12(2)10-13-11-18-15-8-6-5-7-14(13)15/h5-8,11-12,18H,3-4,9-10,17H2,1-2H3. The second-order valence-electron chi connectivity index (χ2n) is 5.29. The zero-order valence-corrected chi connectivity index (χ0v) is 12.6. The molecule has 0 bridgehead atoms. The first-order valence-corrected chi connectivity index (χ1v) is 7.39. The summed E-state index contributed by atoms with van der Waals surface area (Å²) in [4.78, 5) is 15.1. The van der Waals surface area contributed by atoms with Gasteiger partial charge >= 0.3 is 6.09 Å². The molecule has 3 N–H and O–H groups in total. The number of fused-ring (bicyclic) bond motifs is 1. The lowest BCUT2D eigenvalue weighted by Crippen LogP contribution is -2.45. The highest BCUT2D eigenvalue weighted by molar-refractivity contribution is 5.83. The molecule has 0 saturated carbocycles. The predicted molar refractivity (Wildman–Crippen MR) is 83.7 cm³/mol. The minimum Gasteiger partial charge on any atom is -0.448 e. The number of hydrogen-bond acceptors (Lipinski definition) is 3. The molecule has 1 heterocycles. The number of H-pyrrole nitrogens is 1. The highest BCUT2D eigenvalue weighted by atomic mass is 16.6. The third kappa shape index (κ3) is 3.76. The third-order valence-electron chi connectivity index (χ3n) is 3.60. The fourth-order valence-corrected chi connectivity index (χ4v) is 2.28. The minimum atomic E-state index is -0.462. The van der Waals surface area contributed by atoms with Crippen LogP contribution in [0.1, 0.15) is 32.3 Å². The lowest BCUT2D eigenvalue weighted by atomic mass is 10.1. The van der Waals surface area contributed by atoms with Crippen LogP contribution in [0.5, 0.6) is 0 Å². The number of hydrogen-bond donors (Lipinski definition) is 2. The van der Waals surface area contributed by atoms with Gasteiger partial charge in [0.25, 0.3) is 0 Å². The second-order valence-corrected chi connectivity index (χ2v) is 5.29. The molecule has 2 rings (SSSR count). The fourth-order valence-electron chi connectivity index (χ4n) is 2.28. The van der Waals surface area contributed by atoms with Crippen LogP contribution in [0.3, 0.4) is 0 Å². The number of aromatic amines is 1. The van der Waals surface area contributed by atoms with E-state index in [9.17, 15) is 4.79 Å². The molecule has 5 heteroatoms. The number of aromatic nitrogens is 1. The number of nitrogens with two attached hydrogens (primary N) is 1. The smallest absolute Gasteiger partial charge is 0.424 e. The average Bonchev–Trinajstić information content (AvgIpc) is 2.90. The monoisotopic (exact) mass is 289 g/mol. The van der Waals surface area contributed by atoms with Crippen LogP contribution in [0.15, 0.2) is 30.5 Å². The average molecular weight is 289 g/mol. The Morgan fingerprint density at radius 1 is 1.43 bits per heavy atom. The van der Waals surface area contributed by atoms with Crippen molar-refractivity contribution in [3.63, 3.8) is 0 Å². The largest absolute Gasteiger partial charge is 0.448 e. The quantitative estimate of drug-likeness (QED) is 0.371. The molecule has 5 nitrogen and oxygen atoms in total. The molecule has 2 aromatic rings. The van der Waals surface area contributed by atoms with Crippen LogP contribution < -0.4 is 5.84 Å². The number of hydrazine groups is 1. The summed E-state index contributed by atoms with van der Waals surface area (Å²) in [5.74, 6) is 5.85. The number of nitrogens with zero attached hydrogens (tertiary/aromatic N) is 1. The van der Waals surface area contributed by atoms with Crippen LogP contribution in [0, 0.1) is 0 Å². The van der Waals surface area contributed by atoms with Crippen molar-refractivity contribution in [1.82, 2.24) is 9.99 Å². The summed E-state index contributed by atoms with van der Waals surface area (Å²) in [5, 5.41) is 2.34. The molecule has 114 valence electrons. The maximum Gasteiger partial charge on any atom is 0.424 e. The van der Waals surface area contributed by atoms with E-state index >= 15 is 0 Å². The molecule has 1 atom stereocenters. The number of nitrogens with one attached hydrogen (secondary N) is 1. The second kappa shape index (κ2) is 7.13. The van der Waals surface area contributed by atoms with Crippen molar-refractivity contribution in [2.75, 3.05) is 6.61 Å². The first-order valence-electron chi connectivity index (χ1n) is 7.39. The number of ether oxygens (including phenoxy) is 1. The van der Waals surface area contributed by atoms with Crippen LogP contribution in [-0.2, 0) is 11.2 Å². The Bertz CT molecular complexity index is 594. The van der Waals surface area contributed by atoms with Gasteiger partial charge < -0.3 is 9.72 Å². The van der Waals surface area contributed by atoms with Crippen molar-refractivity contribution in [1.29, 1.82) is 0 Å². The summed E-state index contributed by atoms with van der Waals surface area (Å²) < 4.78 is 5.13. The van der Waals surface area contributed by atoms with Gasteiger partial charge in [0, 0.05) is 17.1 Å². The summed E-state index contributed by atoms with van der Waals surface area (Å²) in [5.41, 5.74) is 2.24. The summed E-state index contributed by atoms with van der Waals surface area (Å²) in [6.45, 7) is 4.39. The zero-order valence-electron chi connectivity index (χ0n) is 12.6. The van der Waals surface area contributed by atoms with Crippen LogP contribution >= 0.6 is 0 Å². The van der Waals surface area contributed by atoms with E-state index in [4.69, 9.17) is 10.6 Å². The molecule has 0 aliphatic carbocycles. The molecule has 21 heavy (non-hydrogen) atoms. The van der Waals surface area contributed by atoms with Gasteiger partial charge in [0.15, 0.2) is 0 Å². The van der Waals surface area contributed by atoms with Crippen molar-refractivity contribution < 1.29 is 9.53 Å². The number of para-hydroxylation sites is 1. The Balaban J connectivity index is 1.97. The van der Waals surface area contributed by atoms with Gasteiger partial charge in [-0.1, -0.05) is 31.5 Å². The molecule has 0 fully saturated rings. The van der Waals surface area contributed by atoms with Crippen LogP contribution in [0.25, 0.3) is 10.9 Å². The lowest BCUT2D eigenvalue weighted by Gasteiger charge is -2.23. The van der Waals surface area contributed by atoms with Gasteiger partial charge in [-0.05, 0) is 31.4 Å². The van der Waals surface area contributed by atoms with Crippen LogP contribution in [0.4, 0.5) is 4.79 Å². The highest BCUT2D eigenvalue weighted by Gasteiger charge is 2.19. The van der Waals surface area contributed by atoms with Crippen molar-refractivity contribution >= 4 is 17.0 Å². The van der Waals surface area contributed by atoms with Gasteiger partial charge in [-0.15, -0.1) is 0 Å². The van der Waals surface area contributed by atoms with E-state index < -0.39 is 6.09 Å². The number of amides is 1. The Hall–Kier alpha value is -2.01. The molecule has 0 spiro atoms. The maximum atomic E-state index is 11.8. The first-order chi connectivity index (χ1) is 10.1. The van der Waals surface area contributed by atoms with Gasteiger partial charge in [0.05, 0.1) is 12.6 Å².